The normalized spacial score (nSPS) is 11.7. The van der Waals surface area contributed by atoms with Crippen molar-refractivity contribution in [2.75, 3.05) is 10.6 Å². The Balaban J connectivity index is 1.41. The van der Waals surface area contributed by atoms with Crippen molar-refractivity contribution >= 4 is 45.7 Å². The number of hydrogen-bond acceptors (Lipinski definition) is 3. The van der Waals surface area contributed by atoms with Gasteiger partial charge in [-0.25, -0.2) is 4.39 Å². The van der Waals surface area contributed by atoms with Gasteiger partial charge in [0.05, 0.1) is 10.9 Å². The van der Waals surface area contributed by atoms with Gasteiger partial charge in [-0.2, -0.15) is 0 Å². The summed E-state index contributed by atoms with van der Waals surface area (Å²) >= 11 is 1.33. The number of nitrogens with one attached hydrogen (secondary N) is 2. The van der Waals surface area contributed by atoms with Gasteiger partial charge in [-0.3, -0.25) is 9.59 Å². The summed E-state index contributed by atoms with van der Waals surface area (Å²) < 4.78 is 13.8. The second kappa shape index (κ2) is 9.66. The zero-order valence-corrected chi connectivity index (χ0v) is 18.2. The van der Waals surface area contributed by atoms with Gasteiger partial charge in [-0.05, 0) is 60.2 Å². The van der Waals surface area contributed by atoms with E-state index >= 15 is 0 Å². The molecule has 160 valence electrons. The number of halogens is 1. The number of amides is 2. The summed E-state index contributed by atoms with van der Waals surface area (Å²) in [6.45, 7) is 1.75. The van der Waals surface area contributed by atoms with Crippen LogP contribution in [0.3, 0.4) is 0 Å². The minimum absolute atomic E-state index is 0.154. The van der Waals surface area contributed by atoms with Crippen molar-refractivity contribution in [1.82, 2.24) is 0 Å². The van der Waals surface area contributed by atoms with Crippen LogP contribution in [-0.4, -0.2) is 17.1 Å². The maximum atomic E-state index is 13.8. The third-order valence-electron chi connectivity index (χ3n) is 4.92. The van der Waals surface area contributed by atoms with Crippen LogP contribution in [0.5, 0.6) is 0 Å². The highest BCUT2D eigenvalue weighted by molar-refractivity contribution is 8.00. The van der Waals surface area contributed by atoms with Crippen LogP contribution in [0, 0.1) is 5.82 Å². The number of rotatable bonds is 6. The van der Waals surface area contributed by atoms with E-state index in [0.717, 1.165) is 15.7 Å². The number of carbonyl (C=O) groups excluding carboxylic acids is 2. The van der Waals surface area contributed by atoms with Crippen molar-refractivity contribution in [2.24, 2.45) is 0 Å². The summed E-state index contributed by atoms with van der Waals surface area (Å²) in [6.07, 6.45) is 0. The first kappa shape index (κ1) is 21.6. The third kappa shape index (κ3) is 5.15. The highest BCUT2D eigenvalue weighted by atomic mass is 32.2. The molecule has 0 saturated heterocycles. The summed E-state index contributed by atoms with van der Waals surface area (Å²) in [5, 5.41) is 7.14. The number of fused-ring (bicyclic) bond motifs is 1. The maximum Gasteiger partial charge on any atom is 0.255 e. The van der Waals surface area contributed by atoms with E-state index in [1.165, 1.54) is 23.9 Å². The van der Waals surface area contributed by atoms with Crippen molar-refractivity contribution in [3.8, 4) is 0 Å². The second-order valence-corrected chi connectivity index (χ2v) is 8.69. The summed E-state index contributed by atoms with van der Waals surface area (Å²) in [5.41, 5.74) is 1.36. The van der Waals surface area contributed by atoms with E-state index < -0.39 is 11.1 Å². The lowest BCUT2D eigenvalue weighted by molar-refractivity contribution is -0.115. The molecule has 4 aromatic rings. The quantitative estimate of drug-likeness (QED) is 0.341. The van der Waals surface area contributed by atoms with Crippen LogP contribution >= 0.6 is 11.8 Å². The Hall–Kier alpha value is -3.64. The van der Waals surface area contributed by atoms with E-state index in [1.54, 1.807) is 31.2 Å². The van der Waals surface area contributed by atoms with E-state index in [4.69, 9.17) is 0 Å². The van der Waals surface area contributed by atoms with Crippen LogP contribution in [0.2, 0.25) is 0 Å². The van der Waals surface area contributed by atoms with Gasteiger partial charge in [0.25, 0.3) is 5.91 Å². The molecule has 32 heavy (non-hydrogen) atoms. The van der Waals surface area contributed by atoms with Crippen molar-refractivity contribution in [3.63, 3.8) is 0 Å². The van der Waals surface area contributed by atoms with Crippen LogP contribution in [0.4, 0.5) is 15.8 Å². The van der Waals surface area contributed by atoms with Crippen LogP contribution in [0.25, 0.3) is 10.8 Å². The molecule has 2 amide bonds. The molecule has 4 aromatic carbocycles. The summed E-state index contributed by atoms with van der Waals surface area (Å²) in [6, 6.07) is 26.8. The van der Waals surface area contributed by atoms with Crippen LogP contribution in [0.1, 0.15) is 17.3 Å². The summed E-state index contributed by atoms with van der Waals surface area (Å²) in [4.78, 5) is 26.0. The van der Waals surface area contributed by atoms with Gasteiger partial charge in [0.2, 0.25) is 5.91 Å². The minimum atomic E-state index is -0.476. The van der Waals surface area contributed by atoms with Gasteiger partial charge in [-0.1, -0.05) is 48.5 Å². The molecule has 4 rings (SSSR count). The van der Waals surface area contributed by atoms with Gasteiger partial charge in [-0.15, -0.1) is 11.8 Å². The lowest BCUT2D eigenvalue weighted by Gasteiger charge is -2.13. The first-order chi connectivity index (χ1) is 15.5. The molecule has 0 aliphatic rings. The topological polar surface area (TPSA) is 58.2 Å². The Morgan fingerprint density at radius 3 is 2.38 bits per heavy atom. The minimum Gasteiger partial charge on any atom is -0.323 e. The molecule has 1 atom stereocenters. The average molecular weight is 445 g/mol. The Morgan fingerprint density at radius 1 is 0.812 bits per heavy atom. The fourth-order valence-corrected chi connectivity index (χ4v) is 4.16. The molecule has 0 aliphatic carbocycles. The maximum absolute atomic E-state index is 13.8. The lowest BCUT2D eigenvalue weighted by atomic mass is 10.1. The predicted molar refractivity (Wildman–Crippen MR) is 129 cm³/mol. The highest BCUT2D eigenvalue weighted by Gasteiger charge is 2.16. The second-order valence-electron chi connectivity index (χ2n) is 7.27. The highest BCUT2D eigenvalue weighted by Crippen LogP contribution is 2.27. The van der Waals surface area contributed by atoms with E-state index in [2.05, 4.69) is 10.6 Å². The molecule has 0 spiro atoms. The molecule has 4 nitrogen and oxygen atoms in total. The number of anilines is 2. The average Bonchev–Trinajstić information content (AvgIpc) is 2.80. The van der Waals surface area contributed by atoms with Crippen molar-refractivity contribution in [1.29, 1.82) is 0 Å². The first-order valence-electron chi connectivity index (χ1n) is 10.1. The Labute approximate surface area is 189 Å². The SMILES string of the molecule is CC(Sc1cccc(NC(=O)c2ccc3ccccc3c2)c1)C(=O)Nc1ccccc1F. The van der Waals surface area contributed by atoms with Gasteiger partial charge >= 0.3 is 0 Å². The van der Waals surface area contributed by atoms with Crippen LogP contribution in [-0.2, 0) is 4.79 Å². The number of hydrogen-bond donors (Lipinski definition) is 2. The standard InChI is InChI=1S/C26H21FN2O2S/c1-17(25(30)29-24-12-5-4-11-23(24)27)32-22-10-6-9-21(16-22)28-26(31)20-14-13-18-7-2-3-8-19(18)15-20/h2-17H,1H3,(H,28,31)(H,29,30). The molecule has 0 aromatic heterocycles. The smallest absolute Gasteiger partial charge is 0.255 e. The molecule has 0 fully saturated rings. The van der Waals surface area contributed by atoms with Gasteiger partial charge < -0.3 is 10.6 Å². The number of para-hydroxylation sites is 1. The van der Waals surface area contributed by atoms with Crippen LogP contribution in [0.15, 0.2) is 95.9 Å². The van der Waals surface area contributed by atoms with E-state index in [-0.39, 0.29) is 17.5 Å². The van der Waals surface area contributed by atoms with Crippen molar-refractivity contribution in [3.05, 3.63) is 102 Å². The fourth-order valence-electron chi connectivity index (χ4n) is 3.24. The molecule has 1 unspecified atom stereocenters. The van der Waals surface area contributed by atoms with Gasteiger partial charge in [0, 0.05) is 16.1 Å². The number of benzene rings is 4. The Morgan fingerprint density at radius 2 is 1.56 bits per heavy atom. The van der Waals surface area contributed by atoms with E-state index in [9.17, 15) is 14.0 Å². The van der Waals surface area contributed by atoms with Crippen molar-refractivity contribution < 1.29 is 14.0 Å². The van der Waals surface area contributed by atoms with Gasteiger partial charge in [0.1, 0.15) is 5.82 Å². The molecule has 0 saturated carbocycles. The zero-order valence-electron chi connectivity index (χ0n) is 17.3. The number of thioether (sulfide) groups is 1. The van der Waals surface area contributed by atoms with E-state index in [0.29, 0.717) is 11.3 Å². The zero-order chi connectivity index (χ0) is 22.5. The molecule has 0 aliphatic heterocycles. The lowest BCUT2D eigenvalue weighted by Crippen LogP contribution is -2.22. The van der Waals surface area contributed by atoms with Crippen molar-refractivity contribution in [2.45, 2.75) is 17.1 Å². The summed E-state index contributed by atoms with van der Waals surface area (Å²) in [5.74, 6) is -0.981. The van der Waals surface area contributed by atoms with Crippen LogP contribution < -0.4 is 10.6 Å². The number of carbonyl (C=O) groups is 2. The Kier molecular flexibility index (Phi) is 6.52. The molecular formula is C26H21FN2O2S. The molecule has 0 heterocycles. The largest absolute Gasteiger partial charge is 0.323 e. The van der Waals surface area contributed by atoms with Gasteiger partial charge in [0.15, 0.2) is 0 Å². The molecule has 2 N–H and O–H groups in total. The first-order valence-corrected chi connectivity index (χ1v) is 11.0. The molecule has 0 radical (unpaired) electrons. The predicted octanol–water partition coefficient (Wildman–Crippen LogP) is 6.35. The fraction of sp³-hybridized carbons (Fsp3) is 0.0769. The monoisotopic (exact) mass is 444 g/mol. The molecule has 0 bridgehead atoms. The third-order valence-corrected chi connectivity index (χ3v) is 6.01. The van der Waals surface area contributed by atoms with E-state index in [1.807, 2.05) is 54.6 Å². The Bertz CT molecular complexity index is 1290. The molecular weight excluding hydrogens is 423 g/mol. The molecule has 6 heteroatoms. The summed E-state index contributed by atoms with van der Waals surface area (Å²) in [7, 11) is 0.